The van der Waals surface area contributed by atoms with Gasteiger partial charge in [-0.25, -0.2) is 19.2 Å². The highest BCUT2D eigenvalue weighted by molar-refractivity contribution is 5.79. The Morgan fingerprint density at radius 3 is 2.81 bits per heavy atom. The van der Waals surface area contributed by atoms with Gasteiger partial charge >= 0.3 is 5.63 Å². The third-order valence-electron chi connectivity index (χ3n) is 5.38. The number of aromatic nitrogens is 2. The summed E-state index contributed by atoms with van der Waals surface area (Å²) in [6.45, 7) is 3.86. The number of ether oxygens (including phenoxy) is 2. The summed E-state index contributed by atoms with van der Waals surface area (Å²) < 4.78 is 31.3. The quantitative estimate of drug-likeness (QED) is 0.455. The third kappa shape index (κ3) is 3.74. The maximum atomic E-state index is 13.6. The zero-order valence-corrected chi connectivity index (χ0v) is 17.0. The summed E-state index contributed by atoms with van der Waals surface area (Å²) in [5, 5.41) is 0.816. The largest absolute Gasteiger partial charge is 0.484 e. The van der Waals surface area contributed by atoms with Gasteiger partial charge in [0.15, 0.2) is 0 Å². The highest BCUT2D eigenvalue weighted by atomic mass is 19.1. The van der Waals surface area contributed by atoms with Gasteiger partial charge < -0.3 is 13.9 Å². The van der Waals surface area contributed by atoms with E-state index in [-0.39, 0.29) is 11.9 Å². The summed E-state index contributed by atoms with van der Waals surface area (Å²) in [5.74, 6) is 0.709. The normalized spacial score (nSPS) is 17.1. The molecule has 0 amide bonds. The van der Waals surface area contributed by atoms with Crippen molar-refractivity contribution in [3.63, 3.8) is 0 Å². The van der Waals surface area contributed by atoms with Gasteiger partial charge in [-0.05, 0) is 43.7 Å². The number of fused-ring (bicyclic) bond motifs is 2. The first-order valence-corrected chi connectivity index (χ1v) is 9.88. The predicted molar refractivity (Wildman–Crippen MR) is 113 cm³/mol. The molecule has 7 heteroatoms. The molecule has 2 aromatic heterocycles. The van der Waals surface area contributed by atoms with Gasteiger partial charge in [0, 0.05) is 35.6 Å². The molecule has 0 saturated carbocycles. The van der Waals surface area contributed by atoms with Crippen molar-refractivity contribution in [3.8, 4) is 22.9 Å². The highest BCUT2D eigenvalue weighted by Crippen LogP contribution is 2.37. The van der Waals surface area contributed by atoms with E-state index in [9.17, 15) is 9.18 Å². The summed E-state index contributed by atoms with van der Waals surface area (Å²) in [5.41, 5.74) is 1.58. The second-order valence-corrected chi connectivity index (χ2v) is 8.02. The molecule has 6 nitrogen and oxygen atoms in total. The lowest BCUT2D eigenvalue weighted by atomic mass is 9.90. The average molecular weight is 418 g/mol. The van der Waals surface area contributed by atoms with Gasteiger partial charge in [0.2, 0.25) is 5.88 Å². The third-order valence-corrected chi connectivity index (χ3v) is 5.38. The van der Waals surface area contributed by atoms with E-state index in [1.807, 2.05) is 19.9 Å². The fourth-order valence-electron chi connectivity index (χ4n) is 3.73. The van der Waals surface area contributed by atoms with E-state index >= 15 is 0 Å². The number of nitrogens with zero attached hydrogens (tertiary/aromatic N) is 2. The maximum Gasteiger partial charge on any atom is 0.336 e. The molecule has 0 radical (unpaired) electrons. The van der Waals surface area contributed by atoms with Crippen LogP contribution in [0.2, 0.25) is 0 Å². The van der Waals surface area contributed by atoms with Gasteiger partial charge in [0.1, 0.15) is 35.2 Å². The molecule has 0 saturated heterocycles. The minimum absolute atomic E-state index is 0.330. The van der Waals surface area contributed by atoms with E-state index in [1.54, 1.807) is 30.3 Å². The van der Waals surface area contributed by atoms with Crippen LogP contribution in [-0.2, 0) is 6.42 Å². The first-order chi connectivity index (χ1) is 14.9. The molecule has 31 heavy (non-hydrogen) atoms. The van der Waals surface area contributed by atoms with Crippen molar-refractivity contribution in [1.82, 2.24) is 9.97 Å². The summed E-state index contributed by atoms with van der Waals surface area (Å²) in [7, 11) is 0. The number of hydrogen-bond acceptors (Lipinski definition) is 6. The molecule has 156 valence electrons. The van der Waals surface area contributed by atoms with Crippen molar-refractivity contribution in [1.29, 1.82) is 0 Å². The lowest BCUT2D eigenvalue weighted by Crippen LogP contribution is -2.49. The van der Waals surface area contributed by atoms with Crippen LogP contribution in [0.5, 0.6) is 11.6 Å². The molecule has 0 fully saturated rings. The van der Waals surface area contributed by atoms with Gasteiger partial charge in [-0.1, -0.05) is 12.1 Å². The van der Waals surface area contributed by atoms with Gasteiger partial charge in [-0.15, -0.1) is 0 Å². The smallest absolute Gasteiger partial charge is 0.336 e. The Labute approximate surface area is 177 Å². The summed E-state index contributed by atoms with van der Waals surface area (Å²) >= 11 is 0. The van der Waals surface area contributed by atoms with Crippen LogP contribution in [0.1, 0.15) is 19.4 Å². The van der Waals surface area contributed by atoms with E-state index in [2.05, 4.69) is 9.97 Å². The lowest BCUT2D eigenvalue weighted by molar-refractivity contribution is -0.0287. The molecule has 1 aliphatic rings. The number of halogens is 1. The van der Waals surface area contributed by atoms with Crippen molar-refractivity contribution in [2.45, 2.75) is 32.0 Å². The second kappa shape index (κ2) is 7.19. The Hall–Kier alpha value is -3.74. The van der Waals surface area contributed by atoms with Gasteiger partial charge in [-0.2, -0.15) is 0 Å². The van der Waals surface area contributed by atoms with Gasteiger partial charge in [0.05, 0.1) is 5.69 Å². The van der Waals surface area contributed by atoms with Gasteiger partial charge in [-0.3, -0.25) is 0 Å². The molecular formula is C24H19FN2O4. The minimum atomic E-state index is -0.667. The van der Waals surface area contributed by atoms with Crippen molar-refractivity contribution in [2.75, 3.05) is 0 Å². The molecule has 0 bridgehead atoms. The molecule has 4 aromatic rings. The molecule has 5 rings (SSSR count). The van der Waals surface area contributed by atoms with E-state index in [4.69, 9.17) is 13.9 Å². The van der Waals surface area contributed by atoms with Crippen molar-refractivity contribution in [3.05, 3.63) is 82.7 Å². The molecule has 1 atom stereocenters. The zero-order valence-electron chi connectivity index (χ0n) is 17.0. The first kappa shape index (κ1) is 19.2. The summed E-state index contributed by atoms with van der Waals surface area (Å²) in [6, 6.07) is 14.7. The summed E-state index contributed by atoms with van der Waals surface area (Å²) in [6.07, 6.45) is 1.65. The molecular weight excluding hydrogens is 399 g/mol. The monoisotopic (exact) mass is 418 g/mol. The van der Waals surface area contributed by atoms with Crippen LogP contribution >= 0.6 is 0 Å². The number of hydrogen-bond donors (Lipinski definition) is 0. The summed E-state index contributed by atoms with van der Waals surface area (Å²) in [4.78, 5) is 20.0. The van der Waals surface area contributed by atoms with Crippen LogP contribution in [0, 0.1) is 5.82 Å². The van der Waals surface area contributed by atoms with E-state index in [0.29, 0.717) is 34.9 Å². The molecule has 0 spiro atoms. The van der Waals surface area contributed by atoms with Crippen LogP contribution in [0.15, 0.2) is 70.1 Å². The van der Waals surface area contributed by atoms with Crippen LogP contribution in [-0.4, -0.2) is 21.7 Å². The molecule has 0 N–H and O–H groups in total. The fraction of sp³-hybridized carbons (Fsp3) is 0.208. The van der Waals surface area contributed by atoms with Crippen molar-refractivity contribution >= 4 is 11.0 Å². The lowest BCUT2D eigenvalue weighted by Gasteiger charge is -2.39. The Balaban J connectivity index is 1.46. The molecule has 0 aliphatic carbocycles. The zero-order chi connectivity index (χ0) is 21.6. The fourth-order valence-corrected chi connectivity index (χ4v) is 3.73. The molecule has 0 unspecified atom stereocenters. The Morgan fingerprint density at radius 2 is 1.97 bits per heavy atom. The van der Waals surface area contributed by atoms with Crippen LogP contribution in [0.4, 0.5) is 4.39 Å². The van der Waals surface area contributed by atoms with Crippen LogP contribution in [0.3, 0.4) is 0 Å². The van der Waals surface area contributed by atoms with E-state index < -0.39 is 11.2 Å². The minimum Gasteiger partial charge on any atom is -0.484 e. The molecule has 1 aliphatic heterocycles. The predicted octanol–water partition coefficient (Wildman–Crippen LogP) is 4.55. The standard InChI is InChI=1S/C24H19FN2O4/c1-24(2)21(10-16-8-15-6-7-23(28)29-19(15)12-20(16)31-24)30-22-11-18(26-13-27-22)14-4-3-5-17(25)9-14/h3-9,11-13,21H,10H2,1-2H3/t21-/m0/s1. The average Bonchev–Trinajstić information content (AvgIpc) is 2.73. The Kier molecular flexibility index (Phi) is 4.46. The van der Waals surface area contributed by atoms with Crippen LogP contribution < -0.4 is 15.1 Å². The topological polar surface area (TPSA) is 74.5 Å². The highest BCUT2D eigenvalue weighted by Gasteiger charge is 2.39. The van der Waals surface area contributed by atoms with E-state index in [1.165, 1.54) is 24.5 Å². The Morgan fingerprint density at radius 1 is 1.10 bits per heavy atom. The number of benzene rings is 2. The van der Waals surface area contributed by atoms with Gasteiger partial charge in [0.25, 0.3) is 0 Å². The molecule has 2 aromatic carbocycles. The first-order valence-electron chi connectivity index (χ1n) is 9.88. The van der Waals surface area contributed by atoms with Crippen molar-refractivity contribution < 1.29 is 18.3 Å². The van der Waals surface area contributed by atoms with E-state index in [0.717, 1.165) is 10.9 Å². The molecule has 3 heterocycles. The van der Waals surface area contributed by atoms with Crippen molar-refractivity contribution in [2.24, 2.45) is 0 Å². The second-order valence-electron chi connectivity index (χ2n) is 8.02. The Bertz CT molecular complexity index is 1350. The van der Waals surface area contributed by atoms with Crippen LogP contribution in [0.25, 0.3) is 22.2 Å². The SMILES string of the molecule is CC1(C)Oc2cc3oc(=O)ccc3cc2C[C@@H]1Oc1cc(-c2cccc(F)c2)ncn1. The maximum absolute atomic E-state index is 13.6. The number of rotatable bonds is 3.